The average molecular weight is 476 g/mol. The van der Waals surface area contributed by atoms with Gasteiger partial charge in [0, 0.05) is 38.4 Å². The maximum Gasteiger partial charge on any atom is 0.191 e. The Kier molecular flexibility index (Phi) is 11.2. The molecule has 6 nitrogen and oxygen atoms in total. The average Bonchev–Trinajstić information content (AvgIpc) is 3.15. The third-order valence-electron chi connectivity index (χ3n) is 4.70. The number of guanidine groups is 1. The molecule has 1 aliphatic heterocycles. The Morgan fingerprint density at radius 1 is 1.27 bits per heavy atom. The first-order chi connectivity index (χ1) is 12.1. The van der Waals surface area contributed by atoms with E-state index < -0.39 is 0 Å². The molecule has 1 aromatic heterocycles. The standard InChI is InChI=1S/C19H36N6.HI/c1-5-10-24-12-8-18(15-24)14-22-19(20-6-2)21-9-7-11-25-17(4)13-16(3)23-25;/h13,18H,5-12,14-15H2,1-4H3,(H2,20,21,22);1H. The highest BCUT2D eigenvalue weighted by Crippen LogP contribution is 2.16. The lowest BCUT2D eigenvalue weighted by Gasteiger charge is -2.15. The predicted molar refractivity (Wildman–Crippen MR) is 121 cm³/mol. The lowest BCUT2D eigenvalue weighted by Crippen LogP contribution is -2.38. The number of aryl methyl sites for hydroxylation is 3. The molecule has 1 saturated heterocycles. The topological polar surface area (TPSA) is 57.5 Å². The minimum absolute atomic E-state index is 0. The summed E-state index contributed by atoms with van der Waals surface area (Å²) in [7, 11) is 0. The van der Waals surface area contributed by atoms with Crippen LogP contribution in [0, 0.1) is 19.8 Å². The maximum absolute atomic E-state index is 4.80. The van der Waals surface area contributed by atoms with Gasteiger partial charge in [-0.2, -0.15) is 5.10 Å². The molecule has 26 heavy (non-hydrogen) atoms. The molecule has 0 saturated carbocycles. The summed E-state index contributed by atoms with van der Waals surface area (Å²) < 4.78 is 2.09. The van der Waals surface area contributed by atoms with Gasteiger partial charge in [0.15, 0.2) is 5.96 Å². The zero-order valence-corrected chi connectivity index (χ0v) is 19.3. The van der Waals surface area contributed by atoms with Crippen molar-refractivity contribution < 1.29 is 0 Å². The summed E-state index contributed by atoms with van der Waals surface area (Å²) in [6.07, 6.45) is 3.57. The molecule has 0 aromatic carbocycles. The monoisotopic (exact) mass is 476 g/mol. The molecular formula is C19H37IN6. The second kappa shape index (κ2) is 12.5. The van der Waals surface area contributed by atoms with E-state index in [9.17, 15) is 0 Å². The quantitative estimate of drug-likeness (QED) is 0.249. The second-order valence-corrected chi connectivity index (χ2v) is 7.11. The largest absolute Gasteiger partial charge is 0.357 e. The van der Waals surface area contributed by atoms with Crippen LogP contribution in [-0.4, -0.2) is 59.9 Å². The van der Waals surface area contributed by atoms with Crippen molar-refractivity contribution in [3.8, 4) is 0 Å². The number of nitrogens with zero attached hydrogens (tertiary/aromatic N) is 4. The molecule has 2 N–H and O–H groups in total. The van der Waals surface area contributed by atoms with Crippen LogP contribution < -0.4 is 10.6 Å². The van der Waals surface area contributed by atoms with Crippen molar-refractivity contribution >= 4 is 29.9 Å². The van der Waals surface area contributed by atoms with Gasteiger partial charge in [-0.25, -0.2) is 0 Å². The molecule has 0 aliphatic carbocycles. The van der Waals surface area contributed by atoms with Gasteiger partial charge in [0.2, 0.25) is 0 Å². The Hall–Kier alpha value is -0.830. The first-order valence-electron chi connectivity index (χ1n) is 9.88. The van der Waals surface area contributed by atoms with E-state index in [0.29, 0.717) is 5.92 Å². The fourth-order valence-corrected chi connectivity index (χ4v) is 3.48. The van der Waals surface area contributed by atoms with Gasteiger partial charge < -0.3 is 15.5 Å². The number of hydrogen-bond donors (Lipinski definition) is 2. The SMILES string of the molecule is CCCN1CCC(CN=C(NCC)NCCCn2nc(C)cc2C)C1.I. The molecule has 0 bridgehead atoms. The highest BCUT2D eigenvalue weighted by atomic mass is 127. The van der Waals surface area contributed by atoms with Gasteiger partial charge in [-0.1, -0.05) is 6.92 Å². The summed E-state index contributed by atoms with van der Waals surface area (Å²) in [5.74, 6) is 1.65. The highest BCUT2D eigenvalue weighted by molar-refractivity contribution is 14.0. The molecule has 1 aliphatic rings. The number of rotatable bonds is 9. The first-order valence-corrected chi connectivity index (χ1v) is 9.88. The molecule has 1 unspecified atom stereocenters. The van der Waals surface area contributed by atoms with Crippen LogP contribution in [0.3, 0.4) is 0 Å². The zero-order chi connectivity index (χ0) is 18.1. The molecule has 2 heterocycles. The number of aliphatic imine (C=N–C) groups is 1. The Morgan fingerprint density at radius 3 is 2.73 bits per heavy atom. The van der Waals surface area contributed by atoms with E-state index in [-0.39, 0.29) is 24.0 Å². The third kappa shape index (κ3) is 7.82. The van der Waals surface area contributed by atoms with Crippen molar-refractivity contribution in [2.75, 3.05) is 39.3 Å². The van der Waals surface area contributed by atoms with E-state index in [1.54, 1.807) is 0 Å². The van der Waals surface area contributed by atoms with Gasteiger partial charge in [-0.15, -0.1) is 24.0 Å². The molecule has 2 rings (SSSR count). The zero-order valence-electron chi connectivity index (χ0n) is 16.9. The molecule has 0 spiro atoms. The first kappa shape index (κ1) is 23.2. The van der Waals surface area contributed by atoms with Gasteiger partial charge in [-0.3, -0.25) is 9.67 Å². The van der Waals surface area contributed by atoms with Crippen LogP contribution in [0.5, 0.6) is 0 Å². The van der Waals surface area contributed by atoms with Crippen LogP contribution in [0.15, 0.2) is 11.1 Å². The normalized spacial score (nSPS) is 18.0. The van der Waals surface area contributed by atoms with E-state index >= 15 is 0 Å². The predicted octanol–water partition coefficient (Wildman–Crippen LogP) is 2.80. The van der Waals surface area contributed by atoms with Gasteiger partial charge in [0.25, 0.3) is 0 Å². The fourth-order valence-electron chi connectivity index (χ4n) is 3.48. The second-order valence-electron chi connectivity index (χ2n) is 7.11. The number of halogens is 1. The molecule has 1 fully saturated rings. The Labute approximate surface area is 176 Å². The minimum atomic E-state index is 0. The lowest BCUT2D eigenvalue weighted by atomic mass is 10.1. The van der Waals surface area contributed by atoms with Crippen LogP contribution in [0.25, 0.3) is 0 Å². The van der Waals surface area contributed by atoms with Crippen molar-refractivity contribution in [1.29, 1.82) is 0 Å². The maximum atomic E-state index is 4.80. The fraction of sp³-hybridized carbons (Fsp3) is 0.789. The van der Waals surface area contributed by atoms with Gasteiger partial charge in [0.05, 0.1) is 5.69 Å². The number of likely N-dealkylation sites (tertiary alicyclic amines) is 1. The van der Waals surface area contributed by atoms with Gasteiger partial charge >= 0.3 is 0 Å². The van der Waals surface area contributed by atoms with Gasteiger partial charge in [-0.05, 0) is 65.1 Å². The van der Waals surface area contributed by atoms with Crippen LogP contribution in [0.4, 0.5) is 0 Å². The summed E-state index contributed by atoms with van der Waals surface area (Å²) in [5.41, 5.74) is 2.32. The number of nitrogens with one attached hydrogen (secondary N) is 2. The molecule has 0 amide bonds. The molecule has 150 valence electrons. The summed E-state index contributed by atoms with van der Waals surface area (Å²) in [4.78, 5) is 7.37. The Morgan fingerprint density at radius 2 is 2.08 bits per heavy atom. The van der Waals surface area contributed by atoms with Crippen molar-refractivity contribution in [2.45, 2.75) is 53.5 Å². The molecule has 0 radical (unpaired) electrons. The molecular weight excluding hydrogens is 439 g/mol. The van der Waals surface area contributed by atoms with Crippen molar-refractivity contribution in [2.24, 2.45) is 10.9 Å². The molecule has 7 heteroatoms. The summed E-state index contributed by atoms with van der Waals surface area (Å²) in [6, 6.07) is 2.13. The minimum Gasteiger partial charge on any atom is -0.357 e. The van der Waals surface area contributed by atoms with E-state index in [1.807, 2.05) is 6.92 Å². The third-order valence-corrected chi connectivity index (χ3v) is 4.70. The van der Waals surface area contributed by atoms with E-state index in [4.69, 9.17) is 4.99 Å². The van der Waals surface area contributed by atoms with Crippen molar-refractivity contribution in [3.63, 3.8) is 0 Å². The summed E-state index contributed by atoms with van der Waals surface area (Å²) in [5, 5.41) is 11.3. The molecule has 1 aromatic rings. The number of hydrogen-bond acceptors (Lipinski definition) is 3. The molecule has 1 atom stereocenters. The van der Waals surface area contributed by atoms with Gasteiger partial charge in [0.1, 0.15) is 0 Å². The summed E-state index contributed by atoms with van der Waals surface area (Å²) in [6.45, 7) is 15.9. The van der Waals surface area contributed by atoms with Crippen LogP contribution in [-0.2, 0) is 6.54 Å². The smallest absolute Gasteiger partial charge is 0.191 e. The lowest BCUT2D eigenvalue weighted by molar-refractivity contribution is 0.326. The highest BCUT2D eigenvalue weighted by Gasteiger charge is 2.21. The van der Waals surface area contributed by atoms with Crippen molar-refractivity contribution in [3.05, 3.63) is 17.5 Å². The van der Waals surface area contributed by atoms with E-state index in [0.717, 1.165) is 44.3 Å². The van der Waals surface area contributed by atoms with Crippen LogP contribution in [0.1, 0.15) is 44.5 Å². The Bertz CT molecular complexity index is 542. The van der Waals surface area contributed by atoms with E-state index in [2.05, 4.69) is 52.2 Å². The van der Waals surface area contributed by atoms with Crippen molar-refractivity contribution in [1.82, 2.24) is 25.3 Å². The van der Waals surface area contributed by atoms with E-state index in [1.165, 1.54) is 38.2 Å². The Balaban J connectivity index is 0.00000338. The number of aromatic nitrogens is 2. The summed E-state index contributed by atoms with van der Waals surface area (Å²) >= 11 is 0. The van der Waals surface area contributed by atoms with Crippen LogP contribution >= 0.6 is 24.0 Å². The van der Waals surface area contributed by atoms with Crippen LogP contribution in [0.2, 0.25) is 0 Å².